The van der Waals surface area contributed by atoms with Crippen LogP contribution in [0.1, 0.15) is 11.4 Å². The lowest BCUT2D eigenvalue weighted by Crippen LogP contribution is -2.18. The van der Waals surface area contributed by atoms with E-state index in [1.165, 1.54) is 0 Å². The van der Waals surface area contributed by atoms with Crippen molar-refractivity contribution >= 4 is 18.0 Å². The molecule has 5 nitrogen and oxygen atoms in total. The molecule has 23 heavy (non-hydrogen) atoms. The first kappa shape index (κ1) is 12.3. The quantitative estimate of drug-likeness (QED) is 0.709. The Morgan fingerprint density at radius 3 is 2.70 bits per heavy atom. The highest BCUT2D eigenvalue weighted by molar-refractivity contribution is 6.10. The van der Waals surface area contributed by atoms with E-state index in [0.717, 1.165) is 33.5 Å². The van der Waals surface area contributed by atoms with Gasteiger partial charge in [-0.15, -0.1) is 22.1 Å². The van der Waals surface area contributed by atoms with Crippen molar-refractivity contribution in [1.82, 2.24) is 19.8 Å². The maximum atomic E-state index is 4.61. The van der Waals surface area contributed by atoms with Gasteiger partial charge in [-0.25, -0.2) is 4.99 Å². The average molecular weight is 297 g/mol. The van der Waals surface area contributed by atoms with Gasteiger partial charge in [-0.2, -0.15) is 0 Å². The smallest absolute Gasteiger partial charge is 0.216 e. The van der Waals surface area contributed by atoms with Crippen LogP contribution in [-0.4, -0.2) is 15.5 Å². The molecule has 0 spiro atoms. The predicted molar refractivity (Wildman–Crippen MR) is 86.6 cm³/mol. The zero-order chi connectivity index (χ0) is 15.2. The minimum Gasteiger partial charge on any atom is -0.657 e. The van der Waals surface area contributed by atoms with Crippen LogP contribution < -0.4 is 20.7 Å². The molecule has 0 unspecified atom stereocenters. The molecule has 3 aliphatic rings. The first-order valence-corrected chi connectivity index (χ1v) is 7.29. The minimum atomic E-state index is 0.869. The van der Waals surface area contributed by atoms with Crippen molar-refractivity contribution in [3.8, 4) is 0 Å². The summed E-state index contributed by atoms with van der Waals surface area (Å²) in [6, 6.07) is 7.93. The van der Waals surface area contributed by atoms with Crippen molar-refractivity contribution in [2.24, 2.45) is 4.99 Å². The van der Waals surface area contributed by atoms with Gasteiger partial charge in [0.2, 0.25) is 6.67 Å². The van der Waals surface area contributed by atoms with E-state index in [9.17, 15) is 0 Å². The van der Waals surface area contributed by atoms with Gasteiger partial charge in [0.05, 0.1) is 5.70 Å². The molecule has 2 aromatic rings. The fourth-order valence-corrected chi connectivity index (χ4v) is 2.66. The van der Waals surface area contributed by atoms with E-state index in [1.54, 1.807) is 0 Å². The molecule has 0 saturated heterocycles. The Hall–Kier alpha value is -3.21. The first-order valence-electron chi connectivity index (χ1n) is 7.29. The van der Waals surface area contributed by atoms with E-state index in [4.69, 9.17) is 0 Å². The van der Waals surface area contributed by atoms with Gasteiger partial charge in [-0.1, -0.05) is 30.3 Å². The van der Waals surface area contributed by atoms with Crippen molar-refractivity contribution in [3.63, 3.8) is 0 Å². The summed E-state index contributed by atoms with van der Waals surface area (Å²) in [7, 11) is 0. The third kappa shape index (κ3) is 2.23. The van der Waals surface area contributed by atoms with E-state index < -0.39 is 0 Å². The van der Waals surface area contributed by atoms with Crippen LogP contribution in [0.15, 0.2) is 65.7 Å². The number of fused-ring (bicyclic) bond motifs is 8. The molecule has 0 fully saturated rings. The largest absolute Gasteiger partial charge is 0.657 e. The van der Waals surface area contributed by atoms with Crippen molar-refractivity contribution in [3.05, 3.63) is 89.5 Å². The molecule has 5 heteroatoms. The Balaban J connectivity index is 1.69. The summed E-state index contributed by atoms with van der Waals surface area (Å²) < 4.78 is 0. The fraction of sp³-hybridized carbons (Fsp3) is 0. The van der Waals surface area contributed by atoms with Crippen LogP contribution in [0.25, 0.3) is 12.3 Å². The lowest BCUT2D eigenvalue weighted by Gasteiger charge is -2.12. The molecule has 0 aliphatic carbocycles. The zero-order valence-electron chi connectivity index (χ0n) is 12.1. The normalized spacial score (nSPS) is 23.3. The number of hydrogen-bond acceptors (Lipinski definition) is 3. The van der Waals surface area contributed by atoms with Gasteiger partial charge in [-0.05, 0) is 18.4 Å². The topological polar surface area (TPSA) is 47.0 Å². The second-order valence-corrected chi connectivity index (χ2v) is 5.42. The van der Waals surface area contributed by atoms with Crippen LogP contribution in [0, 0.1) is 6.67 Å². The Morgan fingerprint density at radius 1 is 0.870 bits per heavy atom. The highest BCUT2D eigenvalue weighted by Gasteiger charge is 2.12. The molecular weight excluding hydrogens is 286 g/mol. The number of aromatic nitrogens is 2. The van der Waals surface area contributed by atoms with Gasteiger partial charge in [0.15, 0.2) is 0 Å². The van der Waals surface area contributed by atoms with Crippen LogP contribution in [0.5, 0.6) is 0 Å². The van der Waals surface area contributed by atoms with Gasteiger partial charge < -0.3 is 19.8 Å². The molecule has 5 heterocycles. The van der Waals surface area contributed by atoms with Crippen LogP contribution in [0.2, 0.25) is 0 Å². The van der Waals surface area contributed by atoms with Crippen molar-refractivity contribution in [2.45, 2.75) is 0 Å². The Kier molecular flexibility index (Phi) is 2.49. The molecule has 0 amide bonds. The van der Waals surface area contributed by atoms with E-state index in [-0.39, 0.29) is 0 Å². The van der Waals surface area contributed by atoms with E-state index in [0.29, 0.717) is 0 Å². The third-order valence-electron chi connectivity index (χ3n) is 3.73. The van der Waals surface area contributed by atoms with E-state index in [1.807, 2.05) is 77.1 Å². The summed E-state index contributed by atoms with van der Waals surface area (Å²) in [5.41, 5.74) is 3.50. The molecule has 2 aromatic heterocycles. The summed E-state index contributed by atoms with van der Waals surface area (Å²) in [6.07, 6.45) is 13.6. The van der Waals surface area contributed by atoms with E-state index in [2.05, 4.69) is 21.6 Å². The lowest BCUT2D eigenvalue weighted by molar-refractivity contribution is 0.513. The average Bonchev–Trinajstić information content (AvgIpc) is 3.28. The number of rotatable bonds is 0. The second kappa shape index (κ2) is 4.64. The van der Waals surface area contributed by atoms with Crippen LogP contribution >= 0.6 is 0 Å². The first-order chi connectivity index (χ1) is 11.3. The molecule has 3 aliphatic heterocycles. The molecule has 0 atom stereocenters. The van der Waals surface area contributed by atoms with Crippen LogP contribution in [-0.2, 0) is 0 Å². The van der Waals surface area contributed by atoms with Gasteiger partial charge >= 0.3 is 0 Å². The molecular formula is C18H11N5-2. The molecule has 5 rings (SSSR count). The number of aliphatic imine (C=N–C) groups is 1. The van der Waals surface area contributed by atoms with Crippen molar-refractivity contribution < 1.29 is 0 Å². The fourth-order valence-electron chi connectivity index (χ4n) is 2.66. The maximum Gasteiger partial charge on any atom is 0.216 e. The maximum absolute atomic E-state index is 4.61. The Morgan fingerprint density at radius 2 is 1.74 bits per heavy atom. The lowest BCUT2D eigenvalue weighted by atomic mass is 10.3. The zero-order valence-corrected chi connectivity index (χ0v) is 12.1. The Labute approximate surface area is 133 Å². The van der Waals surface area contributed by atoms with Gasteiger partial charge in [-0.3, -0.25) is 0 Å². The summed E-state index contributed by atoms with van der Waals surface area (Å²) >= 11 is 0. The number of nitrogens with zero attached hydrogens (tertiary/aromatic N) is 5. The molecule has 0 N–H and O–H groups in total. The Bertz CT molecular complexity index is 1010. The minimum absolute atomic E-state index is 0.869. The SMILES string of the molecule is [C]1N2C=CN1/C=c1/cc/c([n-]1)=C/c1ccc([n-]1)C1=N/C(=C\2)C=C1. The summed E-state index contributed by atoms with van der Waals surface area (Å²) in [5, 5.41) is 1.77. The molecule has 0 saturated carbocycles. The molecule has 8 bridgehead atoms. The number of hydrogen-bond donors (Lipinski definition) is 0. The van der Waals surface area contributed by atoms with E-state index >= 15 is 0 Å². The predicted octanol–water partition coefficient (Wildman–Crippen LogP) is 0.467. The number of allylic oxidation sites excluding steroid dienone is 2. The molecule has 2 radical (unpaired) electrons. The third-order valence-corrected chi connectivity index (χ3v) is 3.73. The highest BCUT2D eigenvalue weighted by Crippen LogP contribution is 2.18. The van der Waals surface area contributed by atoms with Crippen molar-refractivity contribution in [1.29, 1.82) is 0 Å². The summed E-state index contributed by atoms with van der Waals surface area (Å²) in [6.45, 7) is 3.20. The monoisotopic (exact) mass is 297 g/mol. The standard InChI is InChI=1S/C18H11N5/c1-2-15-10-22-7-8-23(12-22)11-16-4-6-18(21-16)17-5-3-14(20-17)9-13(1)19-15/h1-11H/q-2/b13-9-,15-10-,16-11-. The van der Waals surface area contributed by atoms with Gasteiger partial charge in [0, 0.05) is 24.3 Å². The summed E-state index contributed by atoms with van der Waals surface area (Å²) in [4.78, 5) is 17.5. The van der Waals surface area contributed by atoms with Gasteiger partial charge in [0.1, 0.15) is 0 Å². The van der Waals surface area contributed by atoms with Gasteiger partial charge in [0.25, 0.3) is 0 Å². The van der Waals surface area contributed by atoms with Crippen LogP contribution in [0.4, 0.5) is 0 Å². The highest BCUT2D eigenvalue weighted by atomic mass is 15.3. The summed E-state index contributed by atoms with van der Waals surface area (Å²) in [5.74, 6) is 0. The molecule has 0 aromatic carbocycles. The van der Waals surface area contributed by atoms with Crippen molar-refractivity contribution in [2.75, 3.05) is 0 Å². The molecule has 110 valence electrons. The second-order valence-electron chi connectivity index (χ2n) is 5.42. The van der Waals surface area contributed by atoms with Crippen LogP contribution in [0.3, 0.4) is 0 Å².